The standard InChI is InChI=1S/C23H23FN2O5/c1-16(28)26(15-17-14-18(29-2)9-10-21(17)30-13-12-27)20-7-5-11-25-23(20)31-22-8-4-3-6-19(22)24/h3-11,14,27H,12-13,15H2,1-2H3. The van der Waals surface area contributed by atoms with Crippen LogP contribution in [0.5, 0.6) is 23.1 Å². The monoisotopic (exact) mass is 426 g/mol. The number of para-hydroxylation sites is 1. The lowest BCUT2D eigenvalue weighted by Crippen LogP contribution is -2.28. The van der Waals surface area contributed by atoms with Gasteiger partial charge in [0, 0.05) is 18.7 Å². The van der Waals surface area contributed by atoms with Crippen molar-refractivity contribution in [2.75, 3.05) is 25.2 Å². The van der Waals surface area contributed by atoms with Crippen molar-refractivity contribution in [2.45, 2.75) is 13.5 Å². The van der Waals surface area contributed by atoms with Crippen LogP contribution in [0.4, 0.5) is 10.1 Å². The smallest absolute Gasteiger partial charge is 0.243 e. The molecular formula is C23H23FN2O5. The molecule has 162 valence electrons. The fraction of sp³-hybridized carbons (Fsp3) is 0.217. The highest BCUT2D eigenvalue weighted by Gasteiger charge is 2.21. The van der Waals surface area contributed by atoms with E-state index in [4.69, 9.17) is 19.3 Å². The molecule has 1 aromatic heterocycles. The number of nitrogens with zero attached hydrogens (tertiary/aromatic N) is 2. The van der Waals surface area contributed by atoms with Gasteiger partial charge >= 0.3 is 0 Å². The quantitative estimate of drug-likeness (QED) is 0.558. The predicted molar refractivity (Wildman–Crippen MR) is 113 cm³/mol. The number of anilines is 1. The van der Waals surface area contributed by atoms with Crippen LogP contribution in [0.2, 0.25) is 0 Å². The summed E-state index contributed by atoms with van der Waals surface area (Å²) in [6, 6.07) is 14.5. The maximum Gasteiger partial charge on any atom is 0.243 e. The summed E-state index contributed by atoms with van der Waals surface area (Å²) in [6.07, 6.45) is 1.50. The highest BCUT2D eigenvalue weighted by atomic mass is 19.1. The van der Waals surface area contributed by atoms with Crippen LogP contribution < -0.4 is 19.1 Å². The van der Waals surface area contributed by atoms with E-state index in [1.54, 1.807) is 42.5 Å². The molecule has 0 aliphatic heterocycles. The van der Waals surface area contributed by atoms with Gasteiger partial charge in [-0.25, -0.2) is 9.37 Å². The van der Waals surface area contributed by atoms with Crippen LogP contribution in [-0.4, -0.2) is 36.3 Å². The van der Waals surface area contributed by atoms with Gasteiger partial charge in [0.1, 0.15) is 23.8 Å². The number of aromatic nitrogens is 1. The number of halogens is 1. The number of carbonyl (C=O) groups is 1. The summed E-state index contributed by atoms with van der Waals surface area (Å²) < 4.78 is 30.7. The Labute approximate surface area is 179 Å². The summed E-state index contributed by atoms with van der Waals surface area (Å²) in [5.74, 6) is 0.358. The zero-order chi connectivity index (χ0) is 22.2. The Bertz CT molecular complexity index is 1040. The Morgan fingerprint density at radius 1 is 1.13 bits per heavy atom. The molecule has 0 bridgehead atoms. The third kappa shape index (κ3) is 5.49. The number of methoxy groups -OCH3 is 1. The molecule has 0 saturated carbocycles. The van der Waals surface area contributed by atoms with E-state index in [1.807, 2.05) is 0 Å². The Balaban J connectivity index is 1.97. The number of carbonyl (C=O) groups excluding carboxylic acids is 1. The molecular weight excluding hydrogens is 403 g/mol. The lowest BCUT2D eigenvalue weighted by molar-refractivity contribution is -0.116. The van der Waals surface area contributed by atoms with Gasteiger partial charge in [0.2, 0.25) is 11.8 Å². The number of aliphatic hydroxyl groups is 1. The van der Waals surface area contributed by atoms with Crippen LogP contribution in [0, 0.1) is 5.82 Å². The van der Waals surface area contributed by atoms with Gasteiger partial charge in [-0.3, -0.25) is 4.79 Å². The molecule has 31 heavy (non-hydrogen) atoms. The van der Waals surface area contributed by atoms with Crippen molar-refractivity contribution in [3.8, 4) is 23.1 Å². The van der Waals surface area contributed by atoms with E-state index in [0.717, 1.165) is 0 Å². The second-order valence-electron chi connectivity index (χ2n) is 6.51. The molecule has 0 aliphatic carbocycles. The molecule has 0 fully saturated rings. The Morgan fingerprint density at radius 3 is 2.65 bits per heavy atom. The second kappa shape index (κ2) is 10.4. The SMILES string of the molecule is COc1ccc(OCCO)c(CN(C(C)=O)c2cccnc2Oc2ccccc2F)c1. The van der Waals surface area contributed by atoms with Gasteiger partial charge in [-0.15, -0.1) is 0 Å². The summed E-state index contributed by atoms with van der Waals surface area (Å²) in [7, 11) is 1.54. The molecule has 1 amide bonds. The van der Waals surface area contributed by atoms with Crippen molar-refractivity contribution >= 4 is 11.6 Å². The highest BCUT2D eigenvalue weighted by Crippen LogP contribution is 2.34. The van der Waals surface area contributed by atoms with Crippen molar-refractivity contribution in [1.82, 2.24) is 4.98 Å². The molecule has 0 unspecified atom stereocenters. The topological polar surface area (TPSA) is 81.1 Å². The minimum absolute atomic E-state index is 0.000648. The molecule has 2 aromatic carbocycles. The van der Waals surface area contributed by atoms with Gasteiger partial charge in [-0.2, -0.15) is 0 Å². The van der Waals surface area contributed by atoms with Crippen molar-refractivity contribution in [3.63, 3.8) is 0 Å². The molecule has 0 aliphatic rings. The number of rotatable bonds is 9. The number of aliphatic hydroxyl groups excluding tert-OH is 1. The molecule has 3 rings (SSSR count). The summed E-state index contributed by atoms with van der Waals surface area (Å²) in [4.78, 5) is 18.2. The Hall–Kier alpha value is -3.65. The van der Waals surface area contributed by atoms with Crippen LogP contribution in [0.3, 0.4) is 0 Å². The Kier molecular flexibility index (Phi) is 7.40. The van der Waals surface area contributed by atoms with Crippen LogP contribution in [0.1, 0.15) is 12.5 Å². The van der Waals surface area contributed by atoms with Crippen molar-refractivity contribution < 1.29 is 28.5 Å². The fourth-order valence-electron chi connectivity index (χ4n) is 2.94. The van der Waals surface area contributed by atoms with E-state index < -0.39 is 5.82 Å². The summed E-state index contributed by atoms with van der Waals surface area (Å²) >= 11 is 0. The van der Waals surface area contributed by atoms with Gasteiger partial charge in [-0.1, -0.05) is 12.1 Å². The molecule has 8 heteroatoms. The molecule has 1 heterocycles. The maximum absolute atomic E-state index is 14.1. The van der Waals surface area contributed by atoms with Crippen molar-refractivity contribution in [1.29, 1.82) is 0 Å². The van der Waals surface area contributed by atoms with Gasteiger partial charge < -0.3 is 24.2 Å². The molecule has 1 N–H and O–H groups in total. The average Bonchev–Trinajstić information content (AvgIpc) is 2.78. The lowest BCUT2D eigenvalue weighted by atomic mass is 10.1. The molecule has 7 nitrogen and oxygen atoms in total. The van der Waals surface area contributed by atoms with E-state index in [-0.39, 0.29) is 37.3 Å². The van der Waals surface area contributed by atoms with Gasteiger partial charge in [0.15, 0.2) is 11.6 Å². The van der Waals surface area contributed by atoms with E-state index in [9.17, 15) is 9.18 Å². The third-order valence-electron chi connectivity index (χ3n) is 4.41. The van der Waals surface area contributed by atoms with Crippen LogP contribution in [0.25, 0.3) is 0 Å². The first-order chi connectivity index (χ1) is 15.0. The molecule has 3 aromatic rings. The van der Waals surface area contributed by atoms with Gasteiger partial charge in [0.25, 0.3) is 0 Å². The van der Waals surface area contributed by atoms with Crippen LogP contribution in [0.15, 0.2) is 60.8 Å². The van der Waals surface area contributed by atoms with Crippen LogP contribution in [-0.2, 0) is 11.3 Å². The maximum atomic E-state index is 14.1. The van der Waals surface area contributed by atoms with E-state index >= 15 is 0 Å². The minimum Gasteiger partial charge on any atom is -0.497 e. The zero-order valence-corrected chi connectivity index (χ0v) is 17.2. The van der Waals surface area contributed by atoms with E-state index in [2.05, 4.69) is 4.98 Å². The summed E-state index contributed by atoms with van der Waals surface area (Å²) in [5, 5.41) is 9.10. The number of ether oxygens (including phenoxy) is 3. The zero-order valence-electron chi connectivity index (χ0n) is 17.2. The average molecular weight is 426 g/mol. The third-order valence-corrected chi connectivity index (χ3v) is 4.41. The number of amides is 1. The fourth-order valence-corrected chi connectivity index (χ4v) is 2.94. The van der Waals surface area contributed by atoms with Crippen LogP contribution >= 0.6 is 0 Å². The molecule has 0 saturated heterocycles. The van der Waals surface area contributed by atoms with Crippen molar-refractivity contribution in [3.05, 3.63) is 72.2 Å². The van der Waals surface area contributed by atoms with Gasteiger partial charge in [0.05, 0.1) is 20.3 Å². The first kappa shape index (κ1) is 22.0. The first-order valence-corrected chi connectivity index (χ1v) is 9.59. The van der Waals surface area contributed by atoms with E-state index in [0.29, 0.717) is 22.7 Å². The highest BCUT2D eigenvalue weighted by molar-refractivity contribution is 5.92. The first-order valence-electron chi connectivity index (χ1n) is 9.59. The summed E-state index contributed by atoms with van der Waals surface area (Å²) in [5.41, 5.74) is 1.03. The normalized spacial score (nSPS) is 10.5. The Morgan fingerprint density at radius 2 is 1.94 bits per heavy atom. The minimum atomic E-state index is -0.541. The van der Waals surface area contributed by atoms with Gasteiger partial charge in [-0.05, 0) is 42.5 Å². The lowest BCUT2D eigenvalue weighted by Gasteiger charge is -2.24. The number of benzene rings is 2. The molecule has 0 spiro atoms. The summed E-state index contributed by atoms with van der Waals surface area (Å²) in [6.45, 7) is 1.49. The van der Waals surface area contributed by atoms with E-state index in [1.165, 1.54) is 37.3 Å². The largest absolute Gasteiger partial charge is 0.497 e. The molecule has 0 atom stereocenters. The number of hydrogen-bond acceptors (Lipinski definition) is 6. The number of hydrogen-bond donors (Lipinski definition) is 1. The molecule has 0 radical (unpaired) electrons. The predicted octanol–water partition coefficient (Wildman–Crippen LogP) is 3.95. The second-order valence-corrected chi connectivity index (χ2v) is 6.51. The van der Waals surface area contributed by atoms with Crippen molar-refractivity contribution in [2.24, 2.45) is 0 Å². The number of pyridine rings is 1.